The SMILES string of the molecule is NC(=O)COc1ccc(C(=O)N[C@@H](c2ccccc2)C2CC2)cc1. The van der Waals surface area contributed by atoms with Crippen molar-refractivity contribution in [3.8, 4) is 5.75 Å². The molecule has 1 aliphatic rings. The van der Waals surface area contributed by atoms with Gasteiger partial charge in [0.25, 0.3) is 11.8 Å². The molecule has 124 valence electrons. The number of benzene rings is 2. The molecule has 2 aromatic carbocycles. The molecule has 0 unspecified atom stereocenters. The number of hydrogen-bond acceptors (Lipinski definition) is 3. The first-order chi connectivity index (χ1) is 11.6. The average molecular weight is 324 g/mol. The van der Waals surface area contributed by atoms with Crippen molar-refractivity contribution in [1.82, 2.24) is 5.32 Å². The molecule has 0 saturated heterocycles. The van der Waals surface area contributed by atoms with Gasteiger partial charge in [0, 0.05) is 5.56 Å². The average Bonchev–Trinajstić information content (AvgIpc) is 3.44. The number of primary amides is 1. The number of ether oxygens (including phenoxy) is 1. The summed E-state index contributed by atoms with van der Waals surface area (Å²) >= 11 is 0. The largest absolute Gasteiger partial charge is 0.484 e. The highest BCUT2D eigenvalue weighted by Gasteiger charge is 2.33. The summed E-state index contributed by atoms with van der Waals surface area (Å²) in [5, 5.41) is 3.13. The fourth-order valence-electron chi connectivity index (χ4n) is 2.64. The maximum absolute atomic E-state index is 12.5. The fraction of sp³-hybridized carbons (Fsp3) is 0.263. The smallest absolute Gasteiger partial charge is 0.255 e. The van der Waals surface area contributed by atoms with E-state index in [2.05, 4.69) is 5.32 Å². The molecule has 1 fully saturated rings. The first-order valence-electron chi connectivity index (χ1n) is 8.00. The molecule has 0 spiro atoms. The number of nitrogens with one attached hydrogen (secondary N) is 1. The maximum atomic E-state index is 12.5. The van der Waals surface area contributed by atoms with Crippen LogP contribution in [0.15, 0.2) is 54.6 Å². The Balaban J connectivity index is 1.66. The molecule has 0 heterocycles. The number of nitrogens with two attached hydrogens (primary N) is 1. The van der Waals surface area contributed by atoms with E-state index in [0.717, 1.165) is 18.4 Å². The van der Waals surface area contributed by atoms with Gasteiger partial charge >= 0.3 is 0 Å². The minimum atomic E-state index is -0.535. The summed E-state index contributed by atoms with van der Waals surface area (Å²) in [5.74, 6) is 0.367. The van der Waals surface area contributed by atoms with Crippen molar-refractivity contribution in [2.24, 2.45) is 11.7 Å². The Labute approximate surface area is 140 Å². The molecule has 5 heteroatoms. The van der Waals surface area contributed by atoms with Gasteiger partial charge in [-0.1, -0.05) is 30.3 Å². The third-order valence-electron chi connectivity index (χ3n) is 4.04. The maximum Gasteiger partial charge on any atom is 0.255 e. The molecule has 3 rings (SSSR count). The second-order valence-corrected chi connectivity index (χ2v) is 5.98. The van der Waals surface area contributed by atoms with Gasteiger partial charge in [-0.05, 0) is 48.6 Å². The minimum absolute atomic E-state index is 0.0458. The van der Waals surface area contributed by atoms with Crippen LogP contribution in [0.4, 0.5) is 0 Å². The van der Waals surface area contributed by atoms with Crippen LogP contribution in [0.25, 0.3) is 0 Å². The Morgan fingerprint density at radius 2 is 1.75 bits per heavy atom. The molecule has 1 saturated carbocycles. The second kappa shape index (κ2) is 7.17. The van der Waals surface area contributed by atoms with Crippen LogP contribution in [-0.4, -0.2) is 18.4 Å². The zero-order chi connectivity index (χ0) is 16.9. The summed E-state index contributed by atoms with van der Waals surface area (Å²) in [7, 11) is 0. The Hall–Kier alpha value is -2.82. The Bertz CT molecular complexity index is 709. The summed E-state index contributed by atoms with van der Waals surface area (Å²) < 4.78 is 5.19. The van der Waals surface area contributed by atoms with Gasteiger partial charge in [-0.3, -0.25) is 9.59 Å². The molecule has 2 amide bonds. The number of hydrogen-bond donors (Lipinski definition) is 2. The van der Waals surface area contributed by atoms with Crippen LogP contribution in [-0.2, 0) is 4.79 Å². The molecule has 5 nitrogen and oxygen atoms in total. The molecular formula is C19H20N2O3. The molecule has 0 aromatic heterocycles. The van der Waals surface area contributed by atoms with Crippen molar-refractivity contribution in [2.45, 2.75) is 18.9 Å². The van der Waals surface area contributed by atoms with Crippen LogP contribution in [0.5, 0.6) is 5.75 Å². The first-order valence-corrected chi connectivity index (χ1v) is 8.00. The molecule has 1 aliphatic carbocycles. The molecule has 1 atom stereocenters. The van der Waals surface area contributed by atoms with Gasteiger partial charge < -0.3 is 15.8 Å². The quantitative estimate of drug-likeness (QED) is 0.821. The predicted octanol–water partition coefficient (Wildman–Crippen LogP) is 2.43. The van der Waals surface area contributed by atoms with E-state index in [-0.39, 0.29) is 18.6 Å². The van der Waals surface area contributed by atoms with Gasteiger partial charge in [0.05, 0.1) is 6.04 Å². The predicted molar refractivity (Wildman–Crippen MR) is 90.5 cm³/mol. The van der Waals surface area contributed by atoms with Crippen molar-refractivity contribution in [1.29, 1.82) is 0 Å². The second-order valence-electron chi connectivity index (χ2n) is 5.98. The van der Waals surface area contributed by atoms with Gasteiger partial charge in [0.15, 0.2) is 6.61 Å². The summed E-state index contributed by atoms with van der Waals surface area (Å²) in [6.07, 6.45) is 2.28. The first kappa shape index (κ1) is 16.1. The van der Waals surface area contributed by atoms with E-state index < -0.39 is 5.91 Å². The minimum Gasteiger partial charge on any atom is -0.484 e. The number of amides is 2. The van der Waals surface area contributed by atoms with Gasteiger partial charge in [-0.25, -0.2) is 0 Å². The topological polar surface area (TPSA) is 81.4 Å². The zero-order valence-corrected chi connectivity index (χ0v) is 13.3. The third-order valence-corrected chi connectivity index (χ3v) is 4.04. The van der Waals surface area contributed by atoms with Crippen molar-refractivity contribution < 1.29 is 14.3 Å². The van der Waals surface area contributed by atoms with Crippen molar-refractivity contribution in [3.05, 3.63) is 65.7 Å². The zero-order valence-electron chi connectivity index (χ0n) is 13.3. The highest BCUT2D eigenvalue weighted by molar-refractivity contribution is 5.94. The summed E-state index contributed by atoms with van der Waals surface area (Å²) in [6, 6.07) is 16.8. The Kier molecular flexibility index (Phi) is 4.79. The van der Waals surface area contributed by atoms with Crippen molar-refractivity contribution in [2.75, 3.05) is 6.61 Å². The van der Waals surface area contributed by atoms with Crippen LogP contribution >= 0.6 is 0 Å². The van der Waals surface area contributed by atoms with Crippen LogP contribution in [0.1, 0.15) is 34.8 Å². The third kappa shape index (κ3) is 4.13. The fourth-order valence-corrected chi connectivity index (χ4v) is 2.64. The lowest BCUT2D eigenvalue weighted by molar-refractivity contribution is -0.119. The highest BCUT2D eigenvalue weighted by Crippen LogP contribution is 2.41. The standard InChI is InChI=1S/C19H20N2O3/c20-17(22)12-24-16-10-8-15(9-11-16)19(23)21-18(14-6-7-14)13-4-2-1-3-5-13/h1-5,8-11,14,18H,6-7,12H2,(H2,20,22)(H,21,23)/t18-/m0/s1. The summed E-state index contributed by atoms with van der Waals surface area (Å²) in [6.45, 7) is -0.177. The van der Waals surface area contributed by atoms with Crippen LogP contribution in [0.3, 0.4) is 0 Å². The molecule has 0 radical (unpaired) electrons. The van der Waals surface area contributed by atoms with Crippen molar-refractivity contribution in [3.63, 3.8) is 0 Å². The van der Waals surface area contributed by atoms with E-state index in [1.165, 1.54) is 0 Å². The van der Waals surface area contributed by atoms with Gasteiger partial charge in [-0.15, -0.1) is 0 Å². The number of carbonyl (C=O) groups is 2. The van der Waals surface area contributed by atoms with Gasteiger partial charge in [-0.2, -0.15) is 0 Å². The van der Waals surface area contributed by atoms with Crippen molar-refractivity contribution >= 4 is 11.8 Å². The summed E-state index contributed by atoms with van der Waals surface area (Å²) in [4.78, 5) is 23.2. The molecular weight excluding hydrogens is 304 g/mol. The monoisotopic (exact) mass is 324 g/mol. The highest BCUT2D eigenvalue weighted by atomic mass is 16.5. The van der Waals surface area contributed by atoms with E-state index in [0.29, 0.717) is 17.2 Å². The summed E-state index contributed by atoms with van der Waals surface area (Å²) in [5.41, 5.74) is 6.73. The normalized spacial score (nSPS) is 14.7. The van der Waals surface area contributed by atoms with E-state index in [4.69, 9.17) is 10.5 Å². The van der Waals surface area contributed by atoms with Gasteiger partial charge in [0.2, 0.25) is 0 Å². The van der Waals surface area contributed by atoms with Gasteiger partial charge in [0.1, 0.15) is 5.75 Å². The Morgan fingerprint density at radius 1 is 1.08 bits per heavy atom. The molecule has 24 heavy (non-hydrogen) atoms. The molecule has 2 aromatic rings. The number of carbonyl (C=O) groups excluding carboxylic acids is 2. The number of rotatable bonds is 7. The Morgan fingerprint density at radius 3 is 2.33 bits per heavy atom. The van der Waals surface area contributed by atoms with Crippen LogP contribution < -0.4 is 15.8 Å². The molecule has 0 bridgehead atoms. The molecule has 3 N–H and O–H groups in total. The lowest BCUT2D eigenvalue weighted by atomic mass is 10.0. The lowest BCUT2D eigenvalue weighted by Gasteiger charge is -2.19. The molecule has 0 aliphatic heterocycles. The van der Waals surface area contributed by atoms with E-state index >= 15 is 0 Å². The van der Waals surface area contributed by atoms with E-state index in [1.54, 1.807) is 24.3 Å². The van der Waals surface area contributed by atoms with E-state index in [1.807, 2.05) is 30.3 Å². The van der Waals surface area contributed by atoms with E-state index in [9.17, 15) is 9.59 Å². The lowest BCUT2D eigenvalue weighted by Crippen LogP contribution is -2.29. The van der Waals surface area contributed by atoms with Crippen LogP contribution in [0, 0.1) is 5.92 Å². The van der Waals surface area contributed by atoms with Crippen LogP contribution in [0.2, 0.25) is 0 Å².